The summed E-state index contributed by atoms with van der Waals surface area (Å²) in [6, 6.07) is 10.5. The van der Waals surface area contributed by atoms with Crippen LogP contribution in [-0.4, -0.2) is 60.4 Å². The normalized spacial score (nSPS) is 27.0. The van der Waals surface area contributed by atoms with Gasteiger partial charge in [-0.15, -0.1) is 0 Å². The van der Waals surface area contributed by atoms with E-state index in [4.69, 9.17) is 9.47 Å². The molecule has 24 heavy (non-hydrogen) atoms. The van der Waals surface area contributed by atoms with Gasteiger partial charge in [-0.1, -0.05) is 30.3 Å². The van der Waals surface area contributed by atoms with Crippen LogP contribution in [0.15, 0.2) is 30.3 Å². The largest absolute Gasteiger partial charge is 0.347 e. The SMILES string of the molecule is O=C(C1CCCN1Cc1ccccc1)N1CCC2(CC1)OCCO2. The van der Waals surface area contributed by atoms with E-state index in [2.05, 4.69) is 29.2 Å². The smallest absolute Gasteiger partial charge is 0.239 e. The maximum atomic E-state index is 13.0. The van der Waals surface area contributed by atoms with E-state index in [0.717, 1.165) is 51.9 Å². The highest BCUT2D eigenvalue weighted by Gasteiger charge is 2.42. The zero-order valence-corrected chi connectivity index (χ0v) is 14.2. The average Bonchev–Trinajstić information content (AvgIpc) is 3.26. The molecular weight excluding hydrogens is 304 g/mol. The molecule has 1 atom stereocenters. The molecule has 0 aliphatic carbocycles. The van der Waals surface area contributed by atoms with E-state index in [-0.39, 0.29) is 11.9 Å². The fraction of sp³-hybridized carbons (Fsp3) is 0.632. The number of piperidine rings is 1. The van der Waals surface area contributed by atoms with E-state index in [1.54, 1.807) is 0 Å². The summed E-state index contributed by atoms with van der Waals surface area (Å²) in [5.74, 6) is -0.118. The van der Waals surface area contributed by atoms with Crippen molar-refractivity contribution in [2.45, 2.75) is 44.1 Å². The molecule has 1 spiro atoms. The second-order valence-corrected chi connectivity index (χ2v) is 7.05. The van der Waals surface area contributed by atoms with Crippen LogP contribution in [0.3, 0.4) is 0 Å². The highest BCUT2D eigenvalue weighted by molar-refractivity contribution is 5.82. The van der Waals surface area contributed by atoms with Gasteiger partial charge in [0.15, 0.2) is 5.79 Å². The zero-order chi connectivity index (χ0) is 16.4. The number of hydrogen-bond donors (Lipinski definition) is 0. The molecule has 0 radical (unpaired) electrons. The van der Waals surface area contributed by atoms with Gasteiger partial charge >= 0.3 is 0 Å². The summed E-state index contributed by atoms with van der Waals surface area (Å²) < 4.78 is 11.5. The number of carbonyl (C=O) groups excluding carboxylic acids is 1. The molecule has 4 rings (SSSR count). The summed E-state index contributed by atoms with van der Waals surface area (Å²) in [5.41, 5.74) is 1.28. The number of amides is 1. The molecule has 1 aromatic carbocycles. The van der Waals surface area contributed by atoms with E-state index in [0.29, 0.717) is 13.2 Å². The van der Waals surface area contributed by atoms with Crippen LogP contribution >= 0.6 is 0 Å². The highest BCUT2D eigenvalue weighted by atomic mass is 16.7. The van der Waals surface area contributed by atoms with Crippen molar-refractivity contribution in [3.05, 3.63) is 35.9 Å². The van der Waals surface area contributed by atoms with Crippen molar-refractivity contribution < 1.29 is 14.3 Å². The van der Waals surface area contributed by atoms with Gasteiger partial charge in [-0.25, -0.2) is 0 Å². The molecule has 0 bridgehead atoms. The Labute approximate surface area is 143 Å². The Morgan fingerprint density at radius 1 is 1.08 bits per heavy atom. The molecule has 130 valence electrons. The lowest BCUT2D eigenvalue weighted by Gasteiger charge is -2.39. The molecule has 5 nitrogen and oxygen atoms in total. The van der Waals surface area contributed by atoms with E-state index in [1.807, 2.05) is 11.0 Å². The van der Waals surface area contributed by atoms with Crippen molar-refractivity contribution >= 4 is 5.91 Å². The molecule has 0 saturated carbocycles. The molecule has 0 N–H and O–H groups in total. The number of likely N-dealkylation sites (tertiary alicyclic amines) is 2. The van der Waals surface area contributed by atoms with Crippen LogP contribution in [0, 0.1) is 0 Å². The van der Waals surface area contributed by atoms with Gasteiger partial charge in [0, 0.05) is 32.5 Å². The van der Waals surface area contributed by atoms with Crippen LogP contribution in [0.25, 0.3) is 0 Å². The maximum Gasteiger partial charge on any atom is 0.239 e. The number of hydrogen-bond acceptors (Lipinski definition) is 4. The number of rotatable bonds is 3. The molecular formula is C19H26N2O3. The maximum absolute atomic E-state index is 13.0. The van der Waals surface area contributed by atoms with Gasteiger partial charge in [0.05, 0.1) is 19.3 Å². The molecule has 1 aromatic rings. The lowest BCUT2D eigenvalue weighted by atomic mass is 10.0. The first-order chi connectivity index (χ1) is 11.8. The van der Waals surface area contributed by atoms with Crippen LogP contribution in [-0.2, 0) is 20.8 Å². The van der Waals surface area contributed by atoms with Crippen molar-refractivity contribution in [2.24, 2.45) is 0 Å². The molecule has 0 aromatic heterocycles. The average molecular weight is 330 g/mol. The third-order valence-electron chi connectivity index (χ3n) is 5.53. The summed E-state index contributed by atoms with van der Waals surface area (Å²) in [5, 5.41) is 0. The number of benzene rings is 1. The van der Waals surface area contributed by atoms with Gasteiger partial charge in [0.2, 0.25) is 5.91 Å². The number of nitrogens with zero attached hydrogens (tertiary/aromatic N) is 2. The number of carbonyl (C=O) groups is 1. The van der Waals surface area contributed by atoms with Gasteiger partial charge in [0.1, 0.15) is 0 Å². The minimum absolute atomic E-state index is 0.0321. The van der Waals surface area contributed by atoms with Crippen LogP contribution in [0.2, 0.25) is 0 Å². The van der Waals surface area contributed by atoms with Crippen LogP contribution in [0.4, 0.5) is 0 Å². The second-order valence-electron chi connectivity index (χ2n) is 7.05. The van der Waals surface area contributed by atoms with Crippen molar-refractivity contribution in [1.82, 2.24) is 9.80 Å². The van der Waals surface area contributed by atoms with E-state index < -0.39 is 5.79 Å². The topological polar surface area (TPSA) is 42.0 Å². The van der Waals surface area contributed by atoms with Gasteiger partial charge in [-0.05, 0) is 24.9 Å². The second kappa shape index (κ2) is 6.82. The third kappa shape index (κ3) is 3.21. The lowest BCUT2D eigenvalue weighted by molar-refractivity contribution is -0.188. The monoisotopic (exact) mass is 330 g/mol. The Morgan fingerprint density at radius 3 is 2.50 bits per heavy atom. The molecule has 3 saturated heterocycles. The first kappa shape index (κ1) is 16.1. The molecule has 5 heteroatoms. The molecule has 3 heterocycles. The standard InChI is InChI=1S/C19H26N2O3/c22-18(20-11-8-19(9-12-20)23-13-14-24-19)17-7-4-10-21(17)15-16-5-2-1-3-6-16/h1-3,5-6,17H,4,7-15H2. The molecule has 3 fully saturated rings. The van der Waals surface area contributed by atoms with Gasteiger partial charge in [0.25, 0.3) is 0 Å². The molecule has 3 aliphatic rings. The van der Waals surface area contributed by atoms with Gasteiger partial charge in [-0.2, -0.15) is 0 Å². The summed E-state index contributed by atoms with van der Waals surface area (Å²) in [6.07, 6.45) is 3.67. The van der Waals surface area contributed by atoms with Crippen molar-refractivity contribution in [3.8, 4) is 0 Å². The van der Waals surface area contributed by atoms with Crippen LogP contribution in [0.5, 0.6) is 0 Å². The minimum Gasteiger partial charge on any atom is -0.347 e. The molecule has 1 unspecified atom stereocenters. The van der Waals surface area contributed by atoms with Crippen molar-refractivity contribution in [2.75, 3.05) is 32.8 Å². The first-order valence-corrected chi connectivity index (χ1v) is 9.10. The first-order valence-electron chi connectivity index (χ1n) is 9.10. The van der Waals surface area contributed by atoms with Gasteiger partial charge in [-0.3, -0.25) is 9.69 Å². The Kier molecular flexibility index (Phi) is 4.57. The predicted octanol–water partition coefficient (Wildman–Crippen LogP) is 2.02. The summed E-state index contributed by atoms with van der Waals surface area (Å²) in [7, 11) is 0. The fourth-order valence-corrected chi connectivity index (χ4v) is 4.18. The van der Waals surface area contributed by atoms with E-state index in [1.165, 1.54) is 5.56 Å². The summed E-state index contributed by atoms with van der Waals surface area (Å²) >= 11 is 0. The predicted molar refractivity (Wildman–Crippen MR) is 90.3 cm³/mol. The summed E-state index contributed by atoms with van der Waals surface area (Å²) in [4.78, 5) is 17.4. The van der Waals surface area contributed by atoms with Crippen LogP contribution in [0.1, 0.15) is 31.2 Å². The third-order valence-corrected chi connectivity index (χ3v) is 5.53. The molecule has 3 aliphatic heterocycles. The van der Waals surface area contributed by atoms with E-state index in [9.17, 15) is 4.79 Å². The lowest BCUT2D eigenvalue weighted by Crippen LogP contribution is -2.52. The van der Waals surface area contributed by atoms with E-state index >= 15 is 0 Å². The summed E-state index contributed by atoms with van der Waals surface area (Å²) in [6.45, 7) is 4.72. The minimum atomic E-state index is -0.407. The molecule has 1 amide bonds. The highest BCUT2D eigenvalue weighted by Crippen LogP contribution is 2.32. The Hall–Kier alpha value is -1.43. The Bertz CT molecular complexity index is 561. The van der Waals surface area contributed by atoms with Crippen molar-refractivity contribution in [3.63, 3.8) is 0 Å². The Balaban J connectivity index is 1.37. The fourth-order valence-electron chi connectivity index (χ4n) is 4.18. The number of ether oxygens (including phenoxy) is 2. The zero-order valence-electron chi connectivity index (χ0n) is 14.2. The Morgan fingerprint density at radius 2 is 1.79 bits per heavy atom. The van der Waals surface area contributed by atoms with Crippen LogP contribution < -0.4 is 0 Å². The quantitative estimate of drug-likeness (QED) is 0.850. The van der Waals surface area contributed by atoms with Crippen molar-refractivity contribution in [1.29, 1.82) is 0 Å². The van der Waals surface area contributed by atoms with Gasteiger partial charge < -0.3 is 14.4 Å².